The van der Waals surface area contributed by atoms with Crippen molar-refractivity contribution in [1.29, 1.82) is 0 Å². The Kier molecular flexibility index (Phi) is 5.97. The normalized spacial score (nSPS) is 14.8. The zero-order chi connectivity index (χ0) is 9.61. The maximum absolute atomic E-state index is 9.20. The van der Waals surface area contributed by atoms with Gasteiger partial charge in [-0.3, -0.25) is 0 Å². The third-order valence-corrected chi connectivity index (χ3v) is 6.27. The molecule has 0 rings (SSSR count). The molecule has 0 aromatic rings. The molecule has 0 fully saturated rings. The Bertz CT molecular complexity index is 108. The molecular weight excluding hydrogens is 192 g/mol. The van der Waals surface area contributed by atoms with Crippen LogP contribution in [0.3, 0.4) is 0 Å². The summed E-state index contributed by atoms with van der Waals surface area (Å²) in [6.45, 7) is 1.88. The van der Waals surface area contributed by atoms with Gasteiger partial charge in [-0.05, 0) is 12.6 Å². The van der Waals surface area contributed by atoms with E-state index < -0.39 is 17.8 Å². The predicted molar refractivity (Wildman–Crippen MR) is 51.6 cm³/mol. The zero-order valence-corrected chi connectivity index (χ0v) is 10.3. The number of hydrogen-bond donors (Lipinski definition) is 1. The summed E-state index contributed by atoms with van der Waals surface area (Å²) in [5.74, 6) is 0. The van der Waals surface area contributed by atoms with Crippen molar-refractivity contribution < 1.29 is 18.1 Å². The van der Waals surface area contributed by atoms with Crippen molar-refractivity contribution in [3.8, 4) is 0 Å². The van der Waals surface area contributed by atoms with Gasteiger partial charge in [0, 0.05) is 27.4 Å². The Morgan fingerprint density at radius 2 is 1.58 bits per heavy atom. The predicted octanol–water partition coefficient (Wildman–Crippen LogP) is 0.210. The van der Waals surface area contributed by atoms with E-state index in [1.54, 1.807) is 21.3 Å². The third kappa shape index (κ3) is 3.79. The zero-order valence-electron chi connectivity index (χ0n) is 8.16. The van der Waals surface area contributed by atoms with Crippen LogP contribution in [0.2, 0.25) is 18.6 Å². The minimum atomic E-state index is -2.41. The van der Waals surface area contributed by atoms with Crippen molar-refractivity contribution in [3.05, 3.63) is 0 Å². The molecule has 1 unspecified atom stereocenters. The molecule has 0 aromatic heterocycles. The van der Waals surface area contributed by atoms with E-state index in [4.69, 9.17) is 13.3 Å². The Morgan fingerprint density at radius 3 is 1.83 bits per heavy atom. The van der Waals surface area contributed by atoms with Gasteiger partial charge in [-0.1, -0.05) is 0 Å². The van der Waals surface area contributed by atoms with Gasteiger partial charge in [0.05, 0.1) is 0 Å². The van der Waals surface area contributed by atoms with E-state index in [1.165, 1.54) is 0 Å². The van der Waals surface area contributed by atoms with Crippen molar-refractivity contribution in [3.63, 3.8) is 0 Å². The molecule has 0 amide bonds. The lowest BCUT2D eigenvalue weighted by Gasteiger charge is -2.24. The van der Waals surface area contributed by atoms with Crippen molar-refractivity contribution in [2.75, 3.05) is 21.3 Å². The standard InChI is InChI=1S/C6H18O4Si2/c1-8-12(9-2,10-3)6-5-11(4)7/h7,11H,5-6H2,1-4H3. The van der Waals surface area contributed by atoms with Gasteiger partial charge >= 0.3 is 8.80 Å². The molecule has 0 bridgehead atoms. The van der Waals surface area contributed by atoms with Crippen molar-refractivity contribution >= 4 is 17.8 Å². The largest absolute Gasteiger partial charge is 0.499 e. The number of rotatable bonds is 6. The van der Waals surface area contributed by atoms with Gasteiger partial charge in [0.2, 0.25) is 0 Å². The van der Waals surface area contributed by atoms with Gasteiger partial charge in [0.25, 0.3) is 0 Å². The topological polar surface area (TPSA) is 47.9 Å². The first-order chi connectivity index (χ1) is 5.60. The highest BCUT2D eigenvalue weighted by Gasteiger charge is 2.37. The summed E-state index contributed by atoms with van der Waals surface area (Å²) in [6, 6.07) is 1.49. The van der Waals surface area contributed by atoms with E-state index in [0.717, 1.165) is 6.04 Å². The molecule has 0 saturated carbocycles. The molecule has 1 N–H and O–H groups in total. The smallest absolute Gasteiger partial charge is 0.435 e. The molecule has 6 heteroatoms. The van der Waals surface area contributed by atoms with Gasteiger partial charge in [-0.25, -0.2) is 0 Å². The second kappa shape index (κ2) is 5.84. The van der Waals surface area contributed by atoms with Gasteiger partial charge in [-0.15, -0.1) is 0 Å². The monoisotopic (exact) mass is 210 g/mol. The first kappa shape index (κ1) is 12.3. The molecule has 0 spiro atoms. The molecule has 1 atom stereocenters. The van der Waals surface area contributed by atoms with Crippen molar-refractivity contribution in [2.45, 2.75) is 18.6 Å². The Morgan fingerprint density at radius 1 is 1.17 bits per heavy atom. The summed E-state index contributed by atoms with van der Waals surface area (Å²) < 4.78 is 15.6. The van der Waals surface area contributed by atoms with Gasteiger partial charge < -0.3 is 18.1 Å². The molecule has 0 aliphatic heterocycles. The second-order valence-electron chi connectivity index (χ2n) is 2.68. The summed E-state index contributed by atoms with van der Waals surface area (Å²) in [7, 11) is 0.835. The van der Waals surface area contributed by atoms with Crippen LogP contribution in [0.5, 0.6) is 0 Å². The SMILES string of the molecule is CO[Si](CC[SiH](C)O)(OC)OC. The van der Waals surface area contributed by atoms with Crippen LogP contribution in [0, 0.1) is 0 Å². The van der Waals surface area contributed by atoms with Crippen LogP contribution < -0.4 is 0 Å². The van der Waals surface area contributed by atoms with Crippen LogP contribution >= 0.6 is 0 Å². The average Bonchev–Trinajstić information content (AvgIpc) is 2.08. The summed E-state index contributed by atoms with van der Waals surface area (Å²) in [5, 5.41) is 0. The molecule has 0 heterocycles. The average molecular weight is 210 g/mol. The van der Waals surface area contributed by atoms with E-state index >= 15 is 0 Å². The van der Waals surface area contributed by atoms with Crippen molar-refractivity contribution in [2.24, 2.45) is 0 Å². The molecular formula is C6H18O4Si2. The summed E-state index contributed by atoms with van der Waals surface area (Å²) >= 11 is 0. The molecule has 4 nitrogen and oxygen atoms in total. The van der Waals surface area contributed by atoms with E-state index in [0.29, 0.717) is 6.04 Å². The third-order valence-electron chi connectivity index (χ3n) is 1.80. The van der Waals surface area contributed by atoms with E-state index in [2.05, 4.69) is 0 Å². The molecule has 0 aliphatic rings. The van der Waals surface area contributed by atoms with Crippen molar-refractivity contribution in [1.82, 2.24) is 0 Å². The van der Waals surface area contributed by atoms with Gasteiger partial charge in [-0.2, -0.15) is 0 Å². The fraction of sp³-hybridized carbons (Fsp3) is 1.00. The fourth-order valence-corrected chi connectivity index (χ4v) is 5.14. The highest BCUT2D eigenvalue weighted by Crippen LogP contribution is 2.15. The molecule has 74 valence electrons. The van der Waals surface area contributed by atoms with Crippen LogP contribution in [0.25, 0.3) is 0 Å². The maximum Gasteiger partial charge on any atom is 0.499 e. The highest BCUT2D eigenvalue weighted by molar-refractivity contribution is 6.63. The van der Waals surface area contributed by atoms with Crippen LogP contribution in [0.4, 0.5) is 0 Å². The van der Waals surface area contributed by atoms with Crippen LogP contribution in [-0.4, -0.2) is 44.0 Å². The lowest BCUT2D eigenvalue weighted by Crippen LogP contribution is -2.43. The first-order valence-electron chi connectivity index (χ1n) is 3.93. The molecule has 0 saturated heterocycles. The van der Waals surface area contributed by atoms with E-state index in [9.17, 15) is 4.80 Å². The van der Waals surface area contributed by atoms with Crippen LogP contribution in [-0.2, 0) is 13.3 Å². The van der Waals surface area contributed by atoms with Gasteiger partial charge in [0.15, 0.2) is 9.04 Å². The first-order valence-corrected chi connectivity index (χ1v) is 8.35. The molecule has 0 aliphatic carbocycles. The minimum absolute atomic E-state index is 0.709. The Balaban J connectivity index is 3.93. The summed E-state index contributed by atoms with van der Waals surface area (Å²) in [4.78, 5) is 9.20. The van der Waals surface area contributed by atoms with Crippen LogP contribution in [0.15, 0.2) is 0 Å². The second-order valence-corrected chi connectivity index (χ2v) is 8.05. The minimum Gasteiger partial charge on any atom is -0.435 e. The Hall–Kier alpha value is 0.274. The lowest BCUT2D eigenvalue weighted by molar-refractivity contribution is 0.125. The molecule has 12 heavy (non-hydrogen) atoms. The van der Waals surface area contributed by atoms with Crippen LogP contribution in [0.1, 0.15) is 0 Å². The van der Waals surface area contributed by atoms with Gasteiger partial charge in [0.1, 0.15) is 0 Å². The highest BCUT2D eigenvalue weighted by atomic mass is 28.4. The molecule has 0 radical (unpaired) electrons. The molecule has 0 aromatic carbocycles. The van der Waals surface area contributed by atoms with E-state index in [-0.39, 0.29) is 0 Å². The van der Waals surface area contributed by atoms with E-state index in [1.807, 2.05) is 6.55 Å². The Labute approximate surface area is 76.6 Å². The quantitative estimate of drug-likeness (QED) is 0.637. The summed E-state index contributed by atoms with van der Waals surface area (Å²) in [6.07, 6.45) is 0. The number of hydrogen-bond acceptors (Lipinski definition) is 4. The maximum atomic E-state index is 9.20. The lowest BCUT2D eigenvalue weighted by atomic mass is 10.9. The summed E-state index contributed by atoms with van der Waals surface area (Å²) in [5.41, 5.74) is 0. The fourth-order valence-electron chi connectivity index (χ4n) is 0.942.